The predicted molar refractivity (Wildman–Crippen MR) is 56.8 cm³/mol. The molecule has 78 valence electrons. The first-order chi connectivity index (χ1) is 6.63. The van der Waals surface area contributed by atoms with Gasteiger partial charge in [-0.15, -0.1) is 0 Å². The zero-order valence-corrected chi connectivity index (χ0v) is 9.12. The second kappa shape index (κ2) is 4.99. The third kappa shape index (κ3) is 3.77. The molecule has 0 spiro atoms. The lowest BCUT2D eigenvalue weighted by Gasteiger charge is -1.96. The van der Waals surface area contributed by atoms with E-state index in [-0.39, 0.29) is 5.97 Å². The quantitative estimate of drug-likeness (QED) is 0.391. The smallest absolute Gasteiger partial charge is 0.330 e. The summed E-state index contributed by atoms with van der Waals surface area (Å²) < 4.78 is 4.81. The standard InChI is InChI=1S/C12H18O2/c1-4-14-12(13)7-9(2)5-6-11-8-10(11)3/h5-7,10-11H,4,8H2,1-3H3/b6-5+,9-7+. The molecule has 0 aromatic carbocycles. The van der Waals surface area contributed by atoms with E-state index in [4.69, 9.17) is 4.74 Å². The van der Waals surface area contributed by atoms with E-state index < -0.39 is 0 Å². The summed E-state index contributed by atoms with van der Waals surface area (Å²) in [6.07, 6.45) is 7.00. The van der Waals surface area contributed by atoms with Gasteiger partial charge in [0.25, 0.3) is 0 Å². The molecule has 1 saturated carbocycles. The van der Waals surface area contributed by atoms with Crippen molar-refractivity contribution in [3.05, 3.63) is 23.8 Å². The number of hydrogen-bond donors (Lipinski definition) is 0. The van der Waals surface area contributed by atoms with Crippen molar-refractivity contribution < 1.29 is 9.53 Å². The van der Waals surface area contributed by atoms with Crippen LogP contribution < -0.4 is 0 Å². The van der Waals surface area contributed by atoms with Gasteiger partial charge in [0.05, 0.1) is 6.61 Å². The highest BCUT2D eigenvalue weighted by atomic mass is 16.5. The minimum atomic E-state index is -0.251. The Balaban J connectivity index is 2.36. The number of hydrogen-bond acceptors (Lipinski definition) is 2. The maximum absolute atomic E-state index is 11.0. The molecule has 2 heteroatoms. The Kier molecular flexibility index (Phi) is 3.93. The molecule has 1 aliphatic carbocycles. The summed E-state index contributed by atoms with van der Waals surface area (Å²) in [6, 6.07) is 0. The molecule has 0 heterocycles. The van der Waals surface area contributed by atoms with E-state index >= 15 is 0 Å². The summed E-state index contributed by atoms with van der Waals surface area (Å²) in [5.74, 6) is 1.29. The number of rotatable bonds is 4. The molecule has 0 amide bonds. The van der Waals surface area contributed by atoms with Gasteiger partial charge in [-0.05, 0) is 37.7 Å². The molecule has 0 bridgehead atoms. The molecule has 2 nitrogen and oxygen atoms in total. The van der Waals surface area contributed by atoms with Gasteiger partial charge in [-0.2, -0.15) is 0 Å². The molecule has 2 atom stereocenters. The van der Waals surface area contributed by atoms with Crippen LogP contribution in [-0.2, 0) is 9.53 Å². The van der Waals surface area contributed by atoms with E-state index in [0.29, 0.717) is 6.61 Å². The number of carbonyl (C=O) groups is 1. The highest BCUT2D eigenvalue weighted by Crippen LogP contribution is 2.38. The van der Waals surface area contributed by atoms with Crippen LogP contribution in [0.25, 0.3) is 0 Å². The summed E-state index contributed by atoms with van der Waals surface area (Å²) in [6.45, 7) is 6.40. The van der Waals surface area contributed by atoms with Gasteiger partial charge in [-0.1, -0.05) is 19.1 Å². The van der Waals surface area contributed by atoms with Crippen LogP contribution in [0.15, 0.2) is 23.8 Å². The maximum atomic E-state index is 11.0. The molecular weight excluding hydrogens is 176 g/mol. The van der Waals surface area contributed by atoms with Gasteiger partial charge in [0.1, 0.15) is 0 Å². The molecule has 1 fully saturated rings. The van der Waals surface area contributed by atoms with Crippen molar-refractivity contribution in [3.63, 3.8) is 0 Å². The fourth-order valence-corrected chi connectivity index (χ4v) is 1.31. The molecule has 1 rings (SSSR count). The van der Waals surface area contributed by atoms with Crippen LogP contribution in [0.3, 0.4) is 0 Å². The number of ether oxygens (including phenoxy) is 1. The molecular formula is C12H18O2. The van der Waals surface area contributed by atoms with E-state index in [2.05, 4.69) is 13.0 Å². The monoisotopic (exact) mass is 194 g/mol. The average molecular weight is 194 g/mol. The summed E-state index contributed by atoms with van der Waals surface area (Å²) in [4.78, 5) is 11.0. The van der Waals surface area contributed by atoms with Crippen molar-refractivity contribution in [1.29, 1.82) is 0 Å². The zero-order chi connectivity index (χ0) is 10.6. The van der Waals surface area contributed by atoms with E-state index in [1.54, 1.807) is 0 Å². The highest BCUT2D eigenvalue weighted by Gasteiger charge is 2.29. The fraction of sp³-hybridized carbons (Fsp3) is 0.583. The lowest BCUT2D eigenvalue weighted by Crippen LogP contribution is -1.99. The normalized spacial score (nSPS) is 26.6. The second-order valence-corrected chi connectivity index (χ2v) is 3.88. The fourth-order valence-electron chi connectivity index (χ4n) is 1.31. The molecule has 0 N–H and O–H groups in total. The Morgan fingerprint density at radius 3 is 2.71 bits per heavy atom. The van der Waals surface area contributed by atoms with Crippen LogP contribution in [0.1, 0.15) is 27.2 Å². The molecule has 0 saturated heterocycles. The minimum Gasteiger partial charge on any atom is -0.463 e. The summed E-state index contributed by atoms with van der Waals surface area (Å²) in [7, 11) is 0. The maximum Gasteiger partial charge on any atom is 0.330 e. The van der Waals surface area contributed by atoms with Crippen molar-refractivity contribution >= 4 is 5.97 Å². The van der Waals surface area contributed by atoms with Gasteiger partial charge in [0.15, 0.2) is 0 Å². The highest BCUT2D eigenvalue weighted by molar-refractivity contribution is 5.83. The Morgan fingerprint density at radius 2 is 2.21 bits per heavy atom. The Morgan fingerprint density at radius 1 is 1.57 bits per heavy atom. The van der Waals surface area contributed by atoms with Crippen molar-refractivity contribution in [1.82, 2.24) is 0 Å². The number of carbonyl (C=O) groups excluding carboxylic acids is 1. The molecule has 0 aliphatic heterocycles. The van der Waals surface area contributed by atoms with Crippen molar-refractivity contribution in [2.45, 2.75) is 27.2 Å². The predicted octanol–water partition coefficient (Wildman–Crippen LogP) is 2.71. The van der Waals surface area contributed by atoms with Crippen molar-refractivity contribution in [2.75, 3.05) is 6.61 Å². The summed E-state index contributed by atoms with van der Waals surface area (Å²) >= 11 is 0. The second-order valence-electron chi connectivity index (χ2n) is 3.88. The third-order valence-corrected chi connectivity index (χ3v) is 2.41. The Labute approximate surface area is 85.6 Å². The van der Waals surface area contributed by atoms with E-state index in [9.17, 15) is 4.79 Å². The van der Waals surface area contributed by atoms with Gasteiger partial charge in [-0.3, -0.25) is 0 Å². The largest absolute Gasteiger partial charge is 0.463 e. The van der Waals surface area contributed by atoms with Gasteiger partial charge in [0.2, 0.25) is 0 Å². The average Bonchev–Trinajstić information content (AvgIpc) is 2.79. The van der Waals surface area contributed by atoms with Crippen molar-refractivity contribution in [2.24, 2.45) is 11.8 Å². The third-order valence-electron chi connectivity index (χ3n) is 2.41. The summed E-state index contributed by atoms with van der Waals surface area (Å²) in [5, 5.41) is 0. The Hall–Kier alpha value is -1.05. The molecule has 1 aliphatic rings. The van der Waals surface area contributed by atoms with E-state index in [1.165, 1.54) is 12.5 Å². The van der Waals surface area contributed by atoms with Gasteiger partial charge < -0.3 is 4.74 Å². The van der Waals surface area contributed by atoms with Crippen LogP contribution in [0, 0.1) is 11.8 Å². The van der Waals surface area contributed by atoms with Gasteiger partial charge in [0, 0.05) is 6.08 Å². The lowest BCUT2D eigenvalue weighted by molar-refractivity contribution is -0.137. The van der Waals surface area contributed by atoms with Crippen LogP contribution in [0.4, 0.5) is 0 Å². The van der Waals surface area contributed by atoms with Gasteiger partial charge in [-0.25, -0.2) is 4.79 Å². The lowest BCUT2D eigenvalue weighted by atomic mass is 10.2. The molecule has 0 aromatic rings. The first-order valence-corrected chi connectivity index (χ1v) is 5.16. The SMILES string of the molecule is CCOC(=O)/C=C(C)/C=C/C1CC1C. The van der Waals surface area contributed by atoms with E-state index in [1.807, 2.05) is 19.9 Å². The van der Waals surface area contributed by atoms with Gasteiger partial charge >= 0.3 is 5.97 Å². The van der Waals surface area contributed by atoms with E-state index in [0.717, 1.165) is 17.4 Å². The first-order valence-electron chi connectivity index (χ1n) is 5.16. The molecule has 0 radical (unpaired) electrons. The first kappa shape index (κ1) is 11.0. The van der Waals surface area contributed by atoms with Crippen LogP contribution in [0.2, 0.25) is 0 Å². The number of allylic oxidation sites excluding steroid dienone is 3. The van der Waals surface area contributed by atoms with Crippen LogP contribution in [-0.4, -0.2) is 12.6 Å². The Bertz CT molecular complexity index is 263. The van der Waals surface area contributed by atoms with Crippen LogP contribution >= 0.6 is 0 Å². The molecule has 0 aromatic heterocycles. The summed E-state index contributed by atoms with van der Waals surface area (Å²) in [5.41, 5.74) is 0.961. The van der Waals surface area contributed by atoms with Crippen molar-refractivity contribution in [3.8, 4) is 0 Å². The number of esters is 1. The minimum absolute atomic E-state index is 0.251. The molecule has 14 heavy (non-hydrogen) atoms. The zero-order valence-electron chi connectivity index (χ0n) is 9.12. The topological polar surface area (TPSA) is 26.3 Å². The van der Waals surface area contributed by atoms with Crippen LogP contribution in [0.5, 0.6) is 0 Å². The molecule has 2 unspecified atom stereocenters.